The van der Waals surface area contributed by atoms with E-state index in [1.54, 1.807) is 0 Å². The number of carboxylic acids is 1. The SMILES string of the molecule is C#CCN(CC(=O)O)C(=O)C1(CN)CCOCC1. The first-order valence-corrected chi connectivity index (χ1v) is 5.78. The summed E-state index contributed by atoms with van der Waals surface area (Å²) in [6, 6.07) is 0. The van der Waals surface area contributed by atoms with Gasteiger partial charge in [-0.3, -0.25) is 9.59 Å². The zero-order chi connectivity index (χ0) is 13.6. The molecule has 0 aliphatic carbocycles. The van der Waals surface area contributed by atoms with E-state index in [9.17, 15) is 9.59 Å². The number of hydrogen-bond acceptors (Lipinski definition) is 4. The van der Waals surface area contributed by atoms with Gasteiger partial charge in [-0.2, -0.15) is 0 Å². The molecule has 0 unspecified atom stereocenters. The third-order valence-electron chi connectivity index (χ3n) is 3.19. The van der Waals surface area contributed by atoms with E-state index in [1.807, 2.05) is 0 Å². The summed E-state index contributed by atoms with van der Waals surface area (Å²) in [5, 5.41) is 8.80. The number of carbonyl (C=O) groups excluding carboxylic acids is 1. The minimum atomic E-state index is -1.09. The van der Waals surface area contributed by atoms with E-state index in [0.29, 0.717) is 26.1 Å². The van der Waals surface area contributed by atoms with Crippen LogP contribution in [0, 0.1) is 17.8 Å². The van der Waals surface area contributed by atoms with Crippen LogP contribution in [0.2, 0.25) is 0 Å². The molecule has 0 aromatic carbocycles. The molecule has 1 aliphatic heterocycles. The molecule has 1 amide bonds. The number of rotatable bonds is 5. The van der Waals surface area contributed by atoms with Gasteiger partial charge in [0.25, 0.3) is 0 Å². The maximum absolute atomic E-state index is 12.4. The van der Waals surface area contributed by atoms with Crippen LogP contribution in [-0.4, -0.2) is 54.7 Å². The molecular weight excluding hydrogens is 236 g/mol. The molecule has 0 atom stereocenters. The van der Waals surface area contributed by atoms with Crippen molar-refractivity contribution >= 4 is 11.9 Å². The number of amides is 1. The Morgan fingerprint density at radius 1 is 1.44 bits per heavy atom. The monoisotopic (exact) mass is 254 g/mol. The predicted molar refractivity (Wildman–Crippen MR) is 64.6 cm³/mol. The van der Waals surface area contributed by atoms with Crippen LogP contribution in [0.15, 0.2) is 0 Å². The highest BCUT2D eigenvalue weighted by Gasteiger charge is 2.41. The molecule has 1 saturated heterocycles. The van der Waals surface area contributed by atoms with Crippen LogP contribution < -0.4 is 5.73 Å². The summed E-state index contributed by atoms with van der Waals surface area (Å²) in [5.41, 5.74) is 4.97. The molecule has 6 heteroatoms. The van der Waals surface area contributed by atoms with Gasteiger partial charge in [-0.15, -0.1) is 6.42 Å². The van der Waals surface area contributed by atoms with Gasteiger partial charge in [0.05, 0.1) is 12.0 Å². The fourth-order valence-corrected chi connectivity index (χ4v) is 2.08. The largest absolute Gasteiger partial charge is 0.480 e. The van der Waals surface area contributed by atoms with E-state index in [0.717, 1.165) is 0 Å². The van der Waals surface area contributed by atoms with Crippen molar-refractivity contribution in [2.45, 2.75) is 12.8 Å². The van der Waals surface area contributed by atoms with Crippen molar-refractivity contribution in [3.8, 4) is 12.3 Å². The van der Waals surface area contributed by atoms with Gasteiger partial charge in [0.2, 0.25) is 5.91 Å². The van der Waals surface area contributed by atoms with Crippen LogP contribution in [0.5, 0.6) is 0 Å². The molecule has 6 nitrogen and oxygen atoms in total. The fourth-order valence-electron chi connectivity index (χ4n) is 2.08. The Labute approximate surface area is 106 Å². The summed E-state index contributed by atoms with van der Waals surface area (Å²) >= 11 is 0. The Morgan fingerprint density at radius 2 is 2.06 bits per heavy atom. The zero-order valence-electron chi connectivity index (χ0n) is 10.2. The second-order valence-corrected chi connectivity index (χ2v) is 4.36. The molecule has 1 rings (SSSR count). The number of carboxylic acid groups (broad SMARTS) is 1. The number of terminal acetylenes is 1. The zero-order valence-corrected chi connectivity index (χ0v) is 10.2. The average Bonchev–Trinajstić information content (AvgIpc) is 2.37. The van der Waals surface area contributed by atoms with Crippen molar-refractivity contribution in [1.82, 2.24) is 4.90 Å². The van der Waals surface area contributed by atoms with Gasteiger partial charge in [-0.1, -0.05) is 5.92 Å². The van der Waals surface area contributed by atoms with Crippen LogP contribution in [0.1, 0.15) is 12.8 Å². The summed E-state index contributed by atoms with van der Waals surface area (Å²) in [5.74, 6) is 0.935. The van der Waals surface area contributed by atoms with E-state index in [4.69, 9.17) is 22.0 Å². The second kappa shape index (κ2) is 6.38. The van der Waals surface area contributed by atoms with Gasteiger partial charge < -0.3 is 20.5 Å². The third kappa shape index (κ3) is 3.22. The fraction of sp³-hybridized carbons (Fsp3) is 0.667. The normalized spacial score (nSPS) is 17.8. The minimum absolute atomic E-state index is 0.0201. The number of hydrogen-bond donors (Lipinski definition) is 2. The minimum Gasteiger partial charge on any atom is -0.480 e. The molecule has 100 valence electrons. The molecule has 1 fully saturated rings. The predicted octanol–water partition coefficient (Wildman–Crippen LogP) is -0.712. The number of nitrogens with zero attached hydrogens (tertiary/aromatic N) is 1. The standard InChI is InChI=1S/C12H18N2O4/c1-2-5-14(8-10(15)16)11(17)12(9-13)3-6-18-7-4-12/h1H,3-9,13H2,(H,15,16). The Morgan fingerprint density at radius 3 is 2.50 bits per heavy atom. The van der Waals surface area contributed by atoms with Crippen LogP contribution in [0.4, 0.5) is 0 Å². The number of ether oxygens (including phenoxy) is 1. The van der Waals surface area contributed by atoms with Gasteiger partial charge in [-0.25, -0.2) is 0 Å². The maximum Gasteiger partial charge on any atom is 0.323 e. The summed E-state index contributed by atoms with van der Waals surface area (Å²) in [6.07, 6.45) is 6.17. The Kier molecular flexibility index (Phi) is 5.13. The van der Waals surface area contributed by atoms with Gasteiger partial charge in [0.15, 0.2) is 0 Å². The maximum atomic E-state index is 12.4. The number of aliphatic carboxylic acids is 1. The number of nitrogens with two attached hydrogens (primary N) is 1. The van der Waals surface area contributed by atoms with E-state index in [-0.39, 0.29) is 19.0 Å². The first-order valence-electron chi connectivity index (χ1n) is 5.78. The summed E-state index contributed by atoms with van der Waals surface area (Å²) in [4.78, 5) is 24.3. The lowest BCUT2D eigenvalue weighted by Gasteiger charge is -2.37. The first-order chi connectivity index (χ1) is 8.55. The lowest BCUT2D eigenvalue weighted by molar-refractivity contribution is -0.152. The van der Waals surface area contributed by atoms with Crippen molar-refractivity contribution in [3.63, 3.8) is 0 Å². The van der Waals surface area contributed by atoms with Crippen LogP contribution in [-0.2, 0) is 14.3 Å². The molecule has 0 aromatic heterocycles. The van der Waals surface area contributed by atoms with Crippen molar-refractivity contribution in [2.75, 3.05) is 32.8 Å². The molecule has 0 spiro atoms. The molecule has 18 heavy (non-hydrogen) atoms. The Hall–Kier alpha value is -1.58. The van der Waals surface area contributed by atoms with Crippen LogP contribution in [0.25, 0.3) is 0 Å². The van der Waals surface area contributed by atoms with Gasteiger partial charge >= 0.3 is 5.97 Å². The lowest BCUT2D eigenvalue weighted by atomic mass is 9.79. The molecule has 0 aromatic rings. The van der Waals surface area contributed by atoms with Crippen molar-refractivity contribution in [2.24, 2.45) is 11.1 Å². The van der Waals surface area contributed by atoms with Crippen LogP contribution in [0.3, 0.4) is 0 Å². The Balaban J connectivity index is 2.85. The van der Waals surface area contributed by atoms with Crippen molar-refractivity contribution in [3.05, 3.63) is 0 Å². The molecular formula is C12H18N2O4. The van der Waals surface area contributed by atoms with E-state index >= 15 is 0 Å². The van der Waals surface area contributed by atoms with Gasteiger partial charge in [0.1, 0.15) is 6.54 Å². The molecule has 0 bridgehead atoms. The van der Waals surface area contributed by atoms with Gasteiger partial charge in [-0.05, 0) is 12.8 Å². The van der Waals surface area contributed by atoms with Crippen molar-refractivity contribution in [1.29, 1.82) is 0 Å². The smallest absolute Gasteiger partial charge is 0.323 e. The first kappa shape index (κ1) is 14.5. The summed E-state index contributed by atoms with van der Waals surface area (Å²) in [7, 11) is 0. The lowest BCUT2D eigenvalue weighted by Crippen LogP contribution is -2.52. The second-order valence-electron chi connectivity index (χ2n) is 4.36. The van der Waals surface area contributed by atoms with Crippen molar-refractivity contribution < 1.29 is 19.4 Å². The van der Waals surface area contributed by atoms with E-state index < -0.39 is 17.9 Å². The molecule has 1 aliphatic rings. The highest BCUT2D eigenvalue weighted by atomic mass is 16.5. The highest BCUT2D eigenvalue weighted by Crippen LogP contribution is 2.31. The van der Waals surface area contributed by atoms with Crippen LogP contribution >= 0.6 is 0 Å². The highest BCUT2D eigenvalue weighted by molar-refractivity contribution is 5.86. The average molecular weight is 254 g/mol. The molecule has 3 N–H and O–H groups in total. The number of carbonyl (C=O) groups is 2. The molecule has 1 heterocycles. The Bertz CT molecular complexity index is 356. The molecule has 0 radical (unpaired) electrons. The quantitative estimate of drug-likeness (QED) is 0.632. The third-order valence-corrected chi connectivity index (χ3v) is 3.19. The van der Waals surface area contributed by atoms with E-state index in [2.05, 4.69) is 5.92 Å². The topological polar surface area (TPSA) is 92.9 Å². The van der Waals surface area contributed by atoms with E-state index in [1.165, 1.54) is 4.90 Å². The summed E-state index contributed by atoms with van der Waals surface area (Å²) < 4.78 is 5.21. The van der Waals surface area contributed by atoms with Gasteiger partial charge in [0, 0.05) is 19.8 Å². The summed E-state index contributed by atoms with van der Waals surface area (Å²) in [6.45, 7) is 0.676. The molecule has 0 saturated carbocycles.